The van der Waals surface area contributed by atoms with E-state index in [9.17, 15) is 19.2 Å². The van der Waals surface area contributed by atoms with Crippen LogP contribution in [0.2, 0.25) is 0 Å². The van der Waals surface area contributed by atoms with Crippen LogP contribution in [0.1, 0.15) is 31.1 Å². The molecule has 2 aromatic rings. The third-order valence-corrected chi connectivity index (χ3v) is 3.78. The van der Waals surface area contributed by atoms with Gasteiger partial charge in [-0.2, -0.15) is 0 Å². The number of ether oxygens (including phenoxy) is 1. The second kappa shape index (κ2) is 5.45. The topological polar surface area (TPSA) is 102 Å². The number of hydrogen-bond donors (Lipinski definition) is 1. The second-order valence-corrected chi connectivity index (χ2v) is 5.38. The zero-order valence-electron chi connectivity index (χ0n) is 12.6. The number of amides is 3. The number of hydrogen-bond acceptors (Lipinski definition) is 6. The van der Waals surface area contributed by atoms with Crippen LogP contribution in [0.5, 0.6) is 5.75 Å². The van der Waals surface area contributed by atoms with Crippen molar-refractivity contribution in [3.8, 4) is 5.75 Å². The first-order valence-electron chi connectivity index (χ1n) is 7.31. The molecule has 124 valence electrons. The monoisotopic (exact) mass is 338 g/mol. The number of rotatable bonds is 2. The molecule has 0 spiro atoms. The Morgan fingerprint density at radius 1 is 1.04 bits per heavy atom. The van der Waals surface area contributed by atoms with Gasteiger partial charge in [-0.05, 0) is 30.3 Å². The van der Waals surface area contributed by atoms with E-state index in [2.05, 4.69) is 5.32 Å². The third kappa shape index (κ3) is 2.40. The molecule has 3 amide bonds. The number of imide groups is 1. The minimum atomic E-state index is -0.891. The number of benzene rings is 2. The first kappa shape index (κ1) is 14.9. The van der Waals surface area contributed by atoms with E-state index in [-0.39, 0.29) is 29.2 Å². The number of nitrogens with zero attached hydrogens (tertiary/aromatic N) is 1. The number of carbonyl (C=O) groups is 4. The van der Waals surface area contributed by atoms with Crippen LogP contribution in [0, 0.1) is 0 Å². The number of hydroxylamine groups is 2. The van der Waals surface area contributed by atoms with Gasteiger partial charge in [-0.25, -0.2) is 4.79 Å². The minimum absolute atomic E-state index is 0.0754. The van der Waals surface area contributed by atoms with Crippen LogP contribution in [0.4, 0.5) is 5.69 Å². The van der Waals surface area contributed by atoms with Crippen molar-refractivity contribution in [3.05, 3.63) is 59.2 Å². The molecule has 2 aromatic carbocycles. The maximum atomic E-state index is 12.3. The molecule has 4 rings (SSSR count). The van der Waals surface area contributed by atoms with E-state index in [4.69, 9.17) is 9.57 Å². The summed E-state index contributed by atoms with van der Waals surface area (Å²) in [6.45, 7) is -0.163. The predicted octanol–water partition coefficient (Wildman–Crippen LogP) is 1.39. The van der Waals surface area contributed by atoms with Crippen LogP contribution in [-0.2, 0) is 9.63 Å². The fourth-order valence-electron chi connectivity index (χ4n) is 2.59. The zero-order valence-corrected chi connectivity index (χ0v) is 12.6. The van der Waals surface area contributed by atoms with Gasteiger partial charge in [-0.3, -0.25) is 14.4 Å². The molecule has 2 aliphatic rings. The predicted molar refractivity (Wildman–Crippen MR) is 82.9 cm³/mol. The standard InChI is InChI=1S/C17H10N2O6/c20-14-8-24-13-7-9(5-6-12(13)18-14)17(23)25-19-15(21)10-3-1-2-4-11(10)16(19)22/h1-7H,8H2,(H,18,20). The highest BCUT2D eigenvalue weighted by molar-refractivity contribution is 6.21. The number of nitrogens with one attached hydrogen (secondary N) is 1. The third-order valence-electron chi connectivity index (χ3n) is 3.78. The Bertz CT molecular complexity index is 917. The summed E-state index contributed by atoms with van der Waals surface area (Å²) in [7, 11) is 0. The molecule has 0 saturated carbocycles. The van der Waals surface area contributed by atoms with Crippen LogP contribution < -0.4 is 10.1 Å². The van der Waals surface area contributed by atoms with Crippen molar-refractivity contribution in [3.63, 3.8) is 0 Å². The summed E-state index contributed by atoms with van der Waals surface area (Å²) in [5, 5.41) is 3.03. The van der Waals surface area contributed by atoms with Crippen molar-refractivity contribution < 1.29 is 28.8 Å². The van der Waals surface area contributed by atoms with E-state index in [1.807, 2.05) is 0 Å². The smallest absolute Gasteiger partial charge is 0.364 e. The lowest BCUT2D eigenvalue weighted by Gasteiger charge is -2.18. The van der Waals surface area contributed by atoms with E-state index >= 15 is 0 Å². The van der Waals surface area contributed by atoms with Gasteiger partial charge in [0.1, 0.15) is 5.75 Å². The Morgan fingerprint density at radius 3 is 2.40 bits per heavy atom. The number of carbonyl (C=O) groups excluding carboxylic acids is 4. The molecule has 0 bridgehead atoms. The lowest BCUT2D eigenvalue weighted by Crippen LogP contribution is -2.32. The first-order chi connectivity index (χ1) is 12.0. The molecule has 2 heterocycles. The highest BCUT2D eigenvalue weighted by atomic mass is 16.7. The fraction of sp³-hybridized carbons (Fsp3) is 0.0588. The molecular weight excluding hydrogens is 328 g/mol. The maximum Gasteiger partial charge on any atom is 0.364 e. The van der Waals surface area contributed by atoms with Crippen LogP contribution in [0.25, 0.3) is 0 Å². The largest absolute Gasteiger partial charge is 0.482 e. The van der Waals surface area contributed by atoms with Gasteiger partial charge in [0, 0.05) is 0 Å². The highest BCUT2D eigenvalue weighted by Gasteiger charge is 2.38. The van der Waals surface area contributed by atoms with Gasteiger partial charge in [0.25, 0.3) is 17.7 Å². The molecule has 0 aliphatic carbocycles. The summed E-state index contributed by atoms with van der Waals surface area (Å²) in [4.78, 5) is 52.9. The molecule has 0 saturated heterocycles. The SMILES string of the molecule is O=C1COc2cc(C(=O)ON3C(=O)c4ccccc4C3=O)ccc2N1. The van der Waals surface area contributed by atoms with Gasteiger partial charge >= 0.3 is 5.97 Å². The van der Waals surface area contributed by atoms with Gasteiger partial charge in [-0.15, -0.1) is 0 Å². The Hall–Kier alpha value is -3.68. The molecule has 0 fully saturated rings. The molecule has 0 radical (unpaired) electrons. The zero-order chi connectivity index (χ0) is 17.6. The molecular formula is C17H10N2O6. The van der Waals surface area contributed by atoms with Crippen LogP contribution in [-0.4, -0.2) is 35.4 Å². The first-order valence-corrected chi connectivity index (χ1v) is 7.31. The lowest BCUT2D eigenvalue weighted by atomic mass is 10.1. The van der Waals surface area contributed by atoms with Gasteiger partial charge in [0.05, 0.1) is 22.4 Å². The summed E-state index contributed by atoms with van der Waals surface area (Å²) in [6, 6.07) is 10.4. The molecule has 1 N–H and O–H groups in total. The summed E-state index contributed by atoms with van der Waals surface area (Å²) in [5.41, 5.74) is 0.855. The van der Waals surface area contributed by atoms with E-state index < -0.39 is 17.8 Å². The molecule has 0 unspecified atom stereocenters. The minimum Gasteiger partial charge on any atom is -0.482 e. The van der Waals surface area contributed by atoms with E-state index in [0.29, 0.717) is 16.5 Å². The van der Waals surface area contributed by atoms with Crippen molar-refractivity contribution in [2.75, 3.05) is 11.9 Å². The molecule has 8 nitrogen and oxygen atoms in total. The summed E-state index contributed by atoms with van der Waals surface area (Å²) < 4.78 is 5.22. The highest BCUT2D eigenvalue weighted by Crippen LogP contribution is 2.29. The van der Waals surface area contributed by atoms with Crippen LogP contribution >= 0.6 is 0 Å². The van der Waals surface area contributed by atoms with Crippen molar-refractivity contribution in [2.24, 2.45) is 0 Å². The summed E-state index contributed by atoms with van der Waals surface area (Å²) in [6.07, 6.45) is 0. The van der Waals surface area contributed by atoms with Gasteiger partial charge in [0.2, 0.25) is 0 Å². The lowest BCUT2D eigenvalue weighted by molar-refractivity contribution is -0.118. The average Bonchev–Trinajstić information content (AvgIpc) is 2.86. The van der Waals surface area contributed by atoms with Crippen molar-refractivity contribution in [1.82, 2.24) is 5.06 Å². The van der Waals surface area contributed by atoms with E-state index in [0.717, 1.165) is 0 Å². The Labute approximate surface area is 140 Å². The quantitative estimate of drug-likeness (QED) is 0.830. The van der Waals surface area contributed by atoms with E-state index in [1.54, 1.807) is 12.1 Å². The fourth-order valence-corrected chi connectivity index (χ4v) is 2.59. The average molecular weight is 338 g/mol. The molecule has 2 aliphatic heterocycles. The van der Waals surface area contributed by atoms with Gasteiger partial charge < -0.3 is 14.9 Å². The molecule has 8 heteroatoms. The van der Waals surface area contributed by atoms with Crippen LogP contribution in [0.3, 0.4) is 0 Å². The maximum absolute atomic E-state index is 12.3. The molecule has 0 aromatic heterocycles. The van der Waals surface area contributed by atoms with Crippen molar-refractivity contribution >= 4 is 29.4 Å². The Morgan fingerprint density at radius 2 is 1.72 bits per heavy atom. The normalized spacial score (nSPS) is 15.2. The number of fused-ring (bicyclic) bond motifs is 2. The van der Waals surface area contributed by atoms with Crippen LogP contribution in [0.15, 0.2) is 42.5 Å². The molecule has 25 heavy (non-hydrogen) atoms. The van der Waals surface area contributed by atoms with Gasteiger partial charge in [0.15, 0.2) is 6.61 Å². The molecule has 0 atom stereocenters. The van der Waals surface area contributed by atoms with Crippen molar-refractivity contribution in [1.29, 1.82) is 0 Å². The summed E-state index contributed by atoms with van der Waals surface area (Å²) in [5.74, 6) is -2.28. The second-order valence-electron chi connectivity index (χ2n) is 5.38. The Kier molecular flexibility index (Phi) is 3.24. The van der Waals surface area contributed by atoms with Crippen molar-refractivity contribution in [2.45, 2.75) is 0 Å². The summed E-state index contributed by atoms with van der Waals surface area (Å²) >= 11 is 0. The number of anilines is 1. The van der Waals surface area contributed by atoms with Gasteiger partial charge in [-0.1, -0.05) is 17.2 Å². The van der Waals surface area contributed by atoms with E-state index in [1.165, 1.54) is 30.3 Å². The Balaban J connectivity index is 1.56.